The average Bonchev–Trinajstić information content (AvgIpc) is 3.64. The Hall–Kier alpha value is -6.19. The second-order valence-corrected chi connectivity index (χ2v) is 11.7. The molecule has 0 aliphatic carbocycles. The lowest BCUT2D eigenvalue weighted by Gasteiger charge is -2.16. The minimum absolute atomic E-state index is 0.394. The Morgan fingerprint density at radius 2 is 1.14 bits per heavy atom. The minimum Gasteiger partial charge on any atom is -0.456 e. The molecule has 0 N–H and O–H groups in total. The van der Waals surface area contributed by atoms with Crippen LogP contribution in [0.4, 0.5) is 0 Å². The molecule has 0 bridgehead atoms. The summed E-state index contributed by atoms with van der Waals surface area (Å²) in [4.78, 5) is 0. The highest BCUT2D eigenvalue weighted by atomic mass is 32.1. The third-order valence-corrected chi connectivity index (χ3v) is 9.35. The zero-order valence-electron chi connectivity index (χ0n) is 23.1. The fourth-order valence-electron chi connectivity index (χ4n) is 6.12. The van der Waals surface area contributed by atoms with Crippen molar-refractivity contribution in [3.8, 4) is 51.6 Å². The normalized spacial score (nSPS) is 11.1. The lowest BCUT2D eigenvalue weighted by Crippen LogP contribution is -1.94. The van der Waals surface area contributed by atoms with E-state index in [4.69, 9.17) is 4.42 Å². The topological polar surface area (TPSA) is 84.5 Å². The van der Waals surface area contributed by atoms with Crippen molar-refractivity contribution in [2.45, 2.75) is 0 Å². The van der Waals surface area contributed by atoms with Crippen LogP contribution in [-0.2, 0) is 0 Å². The third kappa shape index (κ3) is 3.95. The Balaban J connectivity index is 1.39. The van der Waals surface area contributed by atoms with Gasteiger partial charge in [0.05, 0.1) is 34.9 Å². The van der Waals surface area contributed by atoms with Gasteiger partial charge in [0.15, 0.2) is 0 Å². The van der Waals surface area contributed by atoms with Gasteiger partial charge in [-0.1, -0.05) is 60.7 Å². The number of hydrogen-bond acceptors (Lipinski definition) is 5. The predicted molar refractivity (Wildman–Crippen MR) is 177 cm³/mol. The van der Waals surface area contributed by atoms with E-state index >= 15 is 0 Å². The van der Waals surface area contributed by atoms with Gasteiger partial charge in [-0.3, -0.25) is 0 Å². The molecule has 0 saturated carbocycles. The Morgan fingerprint density at radius 3 is 1.95 bits per heavy atom. The van der Waals surface area contributed by atoms with Gasteiger partial charge in [0.2, 0.25) is 0 Å². The van der Waals surface area contributed by atoms with Crippen LogP contribution >= 0.6 is 11.3 Å². The molecule has 4 nitrogen and oxygen atoms in total. The predicted octanol–water partition coefficient (Wildman–Crippen LogP) is 10.6. The van der Waals surface area contributed by atoms with Crippen molar-refractivity contribution in [1.82, 2.24) is 0 Å². The van der Waals surface area contributed by atoms with Gasteiger partial charge in [-0.2, -0.15) is 15.8 Å². The van der Waals surface area contributed by atoms with Crippen molar-refractivity contribution >= 4 is 53.4 Å². The van der Waals surface area contributed by atoms with Crippen molar-refractivity contribution in [2.24, 2.45) is 0 Å². The lowest BCUT2D eigenvalue weighted by molar-refractivity contribution is 0.669. The molecule has 0 fully saturated rings. The van der Waals surface area contributed by atoms with E-state index in [2.05, 4.69) is 48.5 Å². The summed E-state index contributed by atoms with van der Waals surface area (Å²) in [6.45, 7) is 0. The molecular weight excluding hydrogens is 559 g/mol. The van der Waals surface area contributed by atoms with E-state index in [-0.39, 0.29) is 0 Å². The number of benzene rings is 6. The first kappa shape index (κ1) is 25.5. The van der Waals surface area contributed by atoms with Crippen LogP contribution in [0, 0.1) is 34.0 Å². The van der Waals surface area contributed by atoms with E-state index in [0.717, 1.165) is 54.5 Å². The number of thiophene rings is 1. The molecule has 2 heterocycles. The summed E-state index contributed by atoms with van der Waals surface area (Å²) in [5.74, 6) is 0. The van der Waals surface area contributed by atoms with Gasteiger partial charge in [0.25, 0.3) is 0 Å². The highest BCUT2D eigenvalue weighted by molar-refractivity contribution is 7.25. The molecule has 202 valence electrons. The summed E-state index contributed by atoms with van der Waals surface area (Å²) in [5, 5.41) is 34.5. The van der Waals surface area contributed by atoms with E-state index in [9.17, 15) is 15.8 Å². The molecule has 0 aliphatic rings. The molecule has 0 amide bonds. The molecule has 2 aromatic heterocycles. The maximum absolute atomic E-state index is 10.4. The zero-order valence-corrected chi connectivity index (χ0v) is 23.9. The van der Waals surface area contributed by atoms with Crippen molar-refractivity contribution < 1.29 is 4.42 Å². The Morgan fingerprint density at radius 1 is 0.455 bits per heavy atom. The Bertz CT molecular complexity index is 2600. The molecule has 0 atom stereocenters. The van der Waals surface area contributed by atoms with Gasteiger partial charge in [-0.15, -0.1) is 11.3 Å². The first-order chi connectivity index (χ1) is 21.6. The molecule has 6 aromatic carbocycles. The molecule has 0 radical (unpaired) electrons. The van der Waals surface area contributed by atoms with Crippen LogP contribution in [0.5, 0.6) is 0 Å². The quantitative estimate of drug-likeness (QED) is 0.209. The van der Waals surface area contributed by atoms with E-state index < -0.39 is 0 Å². The second kappa shape index (κ2) is 9.97. The van der Waals surface area contributed by atoms with Crippen LogP contribution in [0.15, 0.2) is 120 Å². The van der Waals surface area contributed by atoms with E-state index in [0.29, 0.717) is 22.3 Å². The van der Waals surface area contributed by atoms with Gasteiger partial charge >= 0.3 is 0 Å². The fraction of sp³-hybridized carbons (Fsp3) is 0. The smallest absolute Gasteiger partial charge is 0.136 e. The van der Waals surface area contributed by atoms with Gasteiger partial charge in [-0.05, 0) is 76.9 Å². The molecule has 5 heteroatoms. The third-order valence-electron chi connectivity index (χ3n) is 8.22. The standard InChI is InChI=1S/C39H19N3OS/c40-20-23-9-12-28(26(15-23)21-41)35-19-33(25-11-14-32-31-6-2-4-8-38(31)44-39(32)18-25)27(22-42)16-34(35)24-10-13-30-29-5-1-3-7-36(29)43-37(30)17-24/h1-19H. The van der Waals surface area contributed by atoms with E-state index in [1.165, 1.54) is 15.5 Å². The van der Waals surface area contributed by atoms with E-state index in [1.807, 2.05) is 72.8 Å². The maximum Gasteiger partial charge on any atom is 0.136 e. The number of furan rings is 1. The highest BCUT2D eigenvalue weighted by Gasteiger charge is 2.19. The molecule has 0 aliphatic heterocycles. The maximum atomic E-state index is 10.4. The fourth-order valence-corrected chi connectivity index (χ4v) is 7.27. The summed E-state index contributed by atoms with van der Waals surface area (Å²) in [7, 11) is 0. The van der Waals surface area contributed by atoms with Crippen molar-refractivity contribution in [2.75, 3.05) is 0 Å². The van der Waals surface area contributed by atoms with Gasteiger partial charge < -0.3 is 4.42 Å². The van der Waals surface area contributed by atoms with Crippen LogP contribution < -0.4 is 0 Å². The molecule has 44 heavy (non-hydrogen) atoms. The van der Waals surface area contributed by atoms with Crippen molar-refractivity contribution in [3.05, 3.63) is 132 Å². The largest absolute Gasteiger partial charge is 0.456 e. The molecule has 0 spiro atoms. The van der Waals surface area contributed by atoms with E-state index in [1.54, 1.807) is 23.5 Å². The van der Waals surface area contributed by atoms with Crippen LogP contribution in [0.2, 0.25) is 0 Å². The minimum atomic E-state index is 0.394. The average molecular weight is 578 g/mol. The summed E-state index contributed by atoms with van der Waals surface area (Å²) in [5.41, 5.74) is 7.76. The molecule has 8 rings (SSSR count). The first-order valence-electron chi connectivity index (χ1n) is 14.0. The Labute approximate surface area is 256 Å². The number of fused-ring (bicyclic) bond motifs is 6. The Kier molecular flexibility index (Phi) is 5.78. The van der Waals surface area contributed by atoms with Gasteiger partial charge in [-0.25, -0.2) is 0 Å². The summed E-state index contributed by atoms with van der Waals surface area (Å²) >= 11 is 1.73. The number of nitrogens with zero attached hydrogens (tertiary/aromatic N) is 3. The molecule has 8 aromatic rings. The van der Waals surface area contributed by atoms with Crippen molar-refractivity contribution in [1.29, 1.82) is 15.8 Å². The molecule has 0 saturated heterocycles. The number of para-hydroxylation sites is 1. The number of rotatable bonds is 3. The summed E-state index contributed by atoms with van der Waals surface area (Å²) in [6, 6.07) is 44.6. The first-order valence-corrected chi connectivity index (χ1v) is 14.8. The highest BCUT2D eigenvalue weighted by Crippen LogP contribution is 2.43. The van der Waals surface area contributed by atoms with Crippen LogP contribution in [0.25, 0.3) is 75.5 Å². The van der Waals surface area contributed by atoms with Crippen LogP contribution in [0.3, 0.4) is 0 Å². The second-order valence-electron chi connectivity index (χ2n) is 10.7. The summed E-state index contributed by atoms with van der Waals surface area (Å²) in [6.07, 6.45) is 0. The van der Waals surface area contributed by atoms with Gasteiger partial charge in [0.1, 0.15) is 11.2 Å². The molecular formula is C39H19N3OS. The number of hydrogen-bond donors (Lipinski definition) is 0. The van der Waals surface area contributed by atoms with Gasteiger partial charge in [0, 0.05) is 42.1 Å². The van der Waals surface area contributed by atoms with Crippen LogP contribution in [-0.4, -0.2) is 0 Å². The SMILES string of the molecule is N#Cc1ccc(-c2cc(-c3ccc4c(c3)sc3ccccc34)c(C#N)cc2-c2ccc3c(c2)oc2ccccc23)c(C#N)c1. The zero-order chi connectivity index (χ0) is 29.8. The molecule has 0 unspecified atom stereocenters. The summed E-state index contributed by atoms with van der Waals surface area (Å²) < 4.78 is 8.56. The van der Waals surface area contributed by atoms with Crippen molar-refractivity contribution in [3.63, 3.8) is 0 Å². The lowest BCUT2D eigenvalue weighted by atomic mass is 9.86. The van der Waals surface area contributed by atoms with Crippen LogP contribution in [0.1, 0.15) is 16.7 Å². The monoisotopic (exact) mass is 577 g/mol. The number of nitriles is 3.